The Morgan fingerprint density at radius 2 is 1.56 bits per heavy atom. The van der Waals surface area contributed by atoms with E-state index in [1.165, 1.54) is 44.9 Å². The number of carbonyl (C=O) groups excluding carboxylic acids is 1. The minimum atomic E-state index is -0.359. The fraction of sp³-hybridized carbons (Fsp3) is 0.520. The molecule has 0 spiro atoms. The van der Waals surface area contributed by atoms with Gasteiger partial charge in [-0.2, -0.15) is 0 Å². The number of unbranched alkanes of at least 4 members (excludes halogenated alkanes) is 5. The number of anilines is 2. The van der Waals surface area contributed by atoms with Crippen molar-refractivity contribution in [2.45, 2.75) is 38.5 Å². The van der Waals surface area contributed by atoms with Crippen molar-refractivity contribution < 1.29 is 14.3 Å². The molecule has 0 radical (unpaired) electrons. The average molecular weight is 504 g/mol. The van der Waals surface area contributed by atoms with Crippen molar-refractivity contribution in [2.24, 2.45) is 0 Å². The molecule has 2 heterocycles. The Kier molecular flexibility index (Phi) is 10.1. The van der Waals surface area contributed by atoms with Gasteiger partial charge >= 0.3 is 5.97 Å². The van der Waals surface area contributed by atoms with Gasteiger partial charge in [-0.05, 0) is 49.2 Å². The lowest BCUT2D eigenvalue weighted by Gasteiger charge is -2.36. The number of rotatable bonds is 12. The standard InChI is InChI=1S/C25H34BrN3O3/c1-31-25(30)21-8-13-24(27-20-21)29-17-15-28(16-18-29)22-9-11-23(12-10-22)32-19-7-5-3-2-4-6-14-26/h8-13,20H,2-7,14-19H2,1H3. The van der Waals surface area contributed by atoms with Crippen molar-refractivity contribution in [3.05, 3.63) is 48.2 Å². The third kappa shape index (κ3) is 7.40. The fourth-order valence-corrected chi connectivity index (χ4v) is 4.25. The molecule has 3 rings (SSSR count). The molecule has 0 atom stereocenters. The molecule has 0 N–H and O–H groups in total. The van der Waals surface area contributed by atoms with Gasteiger partial charge in [0, 0.05) is 43.4 Å². The smallest absolute Gasteiger partial charge is 0.339 e. The lowest BCUT2D eigenvalue weighted by Crippen LogP contribution is -2.46. The van der Waals surface area contributed by atoms with Crippen LogP contribution in [0.15, 0.2) is 42.6 Å². The first-order valence-electron chi connectivity index (χ1n) is 11.5. The second kappa shape index (κ2) is 13.3. The Hall–Kier alpha value is -2.28. The van der Waals surface area contributed by atoms with Crippen LogP contribution in [0.2, 0.25) is 0 Å². The summed E-state index contributed by atoms with van der Waals surface area (Å²) in [5, 5.41) is 1.12. The van der Waals surface area contributed by atoms with E-state index in [4.69, 9.17) is 9.47 Å². The van der Waals surface area contributed by atoms with Crippen LogP contribution in [0, 0.1) is 0 Å². The van der Waals surface area contributed by atoms with Gasteiger partial charge in [0.25, 0.3) is 0 Å². The maximum Gasteiger partial charge on any atom is 0.339 e. The van der Waals surface area contributed by atoms with E-state index in [1.807, 2.05) is 6.07 Å². The lowest BCUT2D eigenvalue weighted by molar-refractivity contribution is 0.0600. The number of ether oxygens (including phenoxy) is 2. The normalized spacial score (nSPS) is 13.8. The number of methoxy groups -OCH3 is 1. The Bertz CT molecular complexity index is 806. The molecule has 32 heavy (non-hydrogen) atoms. The fourth-order valence-electron chi connectivity index (χ4n) is 3.85. The molecular weight excluding hydrogens is 470 g/mol. The van der Waals surface area contributed by atoms with E-state index < -0.39 is 0 Å². The number of halogens is 1. The van der Waals surface area contributed by atoms with Crippen molar-refractivity contribution in [2.75, 3.05) is 55.0 Å². The quantitative estimate of drug-likeness (QED) is 0.222. The van der Waals surface area contributed by atoms with Crippen LogP contribution < -0.4 is 14.5 Å². The number of hydrogen-bond donors (Lipinski definition) is 0. The number of nitrogens with zero attached hydrogens (tertiary/aromatic N) is 3. The van der Waals surface area contributed by atoms with E-state index in [1.54, 1.807) is 12.3 Å². The minimum absolute atomic E-state index is 0.359. The Labute approximate surface area is 200 Å². The first kappa shape index (κ1) is 24.4. The number of alkyl halides is 1. The molecule has 7 heteroatoms. The molecule has 0 saturated carbocycles. The van der Waals surface area contributed by atoms with Crippen molar-refractivity contribution in [3.63, 3.8) is 0 Å². The molecule has 1 fully saturated rings. The number of piperazine rings is 1. The molecule has 1 aromatic carbocycles. The molecule has 6 nitrogen and oxygen atoms in total. The SMILES string of the molecule is COC(=O)c1ccc(N2CCN(c3ccc(OCCCCCCCCBr)cc3)CC2)nc1. The van der Waals surface area contributed by atoms with Crippen LogP contribution in [-0.4, -0.2) is 56.2 Å². The van der Waals surface area contributed by atoms with Crippen molar-refractivity contribution >= 4 is 33.4 Å². The Morgan fingerprint density at radius 1 is 0.906 bits per heavy atom. The second-order valence-electron chi connectivity index (χ2n) is 8.02. The van der Waals surface area contributed by atoms with E-state index >= 15 is 0 Å². The highest BCUT2D eigenvalue weighted by Gasteiger charge is 2.19. The number of carbonyl (C=O) groups is 1. The van der Waals surface area contributed by atoms with Crippen LogP contribution in [-0.2, 0) is 4.74 Å². The zero-order valence-corrected chi connectivity index (χ0v) is 20.6. The van der Waals surface area contributed by atoms with Gasteiger partial charge < -0.3 is 19.3 Å². The minimum Gasteiger partial charge on any atom is -0.494 e. The van der Waals surface area contributed by atoms with Crippen LogP contribution in [0.4, 0.5) is 11.5 Å². The zero-order valence-electron chi connectivity index (χ0n) is 19.0. The first-order valence-corrected chi connectivity index (χ1v) is 12.7. The van der Waals surface area contributed by atoms with E-state index in [2.05, 4.69) is 55.0 Å². The summed E-state index contributed by atoms with van der Waals surface area (Å²) >= 11 is 3.48. The Morgan fingerprint density at radius 3 is 2.19 bits per heavy atom. The maximum atomic E-state index is 11.6. The molecule has 1 saturated heterocycles. The summed E-state index contributed by atoms with van der Waals surface area (Å²) in [7, 11) is 1.38. The van der Waals surface area contributed by atoms with Gasteiger partial charge in [-0.1, -0.05) is 41.6 Å². The van der Waals surface area contributed by atoms with E-state index in [0.717, 1.165) is 56.1 Å². The number of pyridine rings is 1. The van der Waals surface area contributed by atoms with E-state index in [-0.39, 0.29) is 5.97 Å². The van der Waals surface area contributed by atoms with E-state index in [0.29, 0.717) is 5.56 Å². The maximum absolute atomic E-state index is 11.6. The molecule has 0 bridgehead atoms. The van der Waals surface area contributed by atoms with Crippen LogP contribution in [0.1, 0.15) is 48.9 Å². The summed E-state index contributed by atoms with van der Waals surface area (Å²) in [6, 6.07) is 12.1. The number of hydrogen-bond acceptors (Lipinski definition) is 6. The highest BCUT2D eigenvalue weighted by atomic mass is 79.9. The molecule has 1 aliphatic rings. The van der Waals surface area contributed by atoms with Crippen molar-refractivity contribution in [1.82, 2.24) is 4.98 Å². The predicted octanol–water partition coefficient (Wildman–Crippen LogP) is 5.31. The third-order valence-corrected chi connectivity index (χ3v) is 6.33. The summed E-state index contributed by atoms with van der Waals surface area (Å²) in [6.07, 6.45) is 9.15. The van der Waals surface area contributed by atoms with Gasteiger partial charge in [0.2, 0.25) is 0 Å². The molecule has 1 aromatic heterocycles. The van der Waals surface area contributed by atoms with Gasteiger partial charge in [-0.25, -0.2) is 9.78 Å². The summed E-state index contributed by atoms with van der Waals surface area (Å²) in [6.45, 7) is 4.42. The molecule has 0 unspecified atom stereocenters. The van der Waals surface area contributed by atoms with Crippen LogP contribution in [0.25, 0.3) is 0 Å². The summed E-state index contributed by atoms with van der Waals surface area (Å²) < 4.78 is 10.6. The molecular formula is C25H34BrN3O3. The van der Waals surface area contributed by atoms with Gasteiger partial charge in [-0.15, -0.1) is 0 Å². The third-order valence-electron chi connectivity index (χ3n) is 5.77. The lowest BCUT2D eigenvalue weighted by atomic mass is 10.1. The van der Waals surface area contributed by atoms with Gasteiger partial charge in [0.15, 0.2) is 0 Å². The second-order valence-corrected chi connectivity index (χ2v) is 8.82. The highest BCUT2D eigenvalue weighted by Crippen LogP contribution is 2.22. The van der Waals surface area contributed by atoms with Gasteiger partial charge in [0.1, 0.15) is 11.6 Å². The summed E-state index contributed by atoms with van der Waals surface area (Å²) in [5.41, 5.74) is 1.69. The number of benzene rings is 1. The summed E-state index contributed by atoms with van der Waals surface area (Å²) in [5.74, 6) is 1.48. The first-order chi connectivity index (χ1) is 15.7. The van der Waals surface area contributed by atoms with E-state index in [9.17, 15) is 4.79 Å². The van der Waals surface area contributed by atoms with Crippen LogP contribution in [0.3, 0.4) is 0 Å². The number of esters is 1. The largest absolute Gasteiger partial charge is 0.494 e. The number of aromatic nitrogens is 1. The molecule has 0 amide bonds. The predicted molar refractivity (Wildman–Crippen MR) is 133 cm³/mol. The summed E-state index contributed by atoms with van der Waals surface area (Å²) in [4.78, 5) is 20.6. The van der Waals surface area contributed by atoms with Crippen molar-refractivity contribution in [3.8, 4) is 5.75 Å². The average Bonchev–Trinajstić information content (AvgIpc) is 2.86. The van der Waals surface area contributed by atoms with Crippen molar-refractivity contribution in [1.29, 1.82) is 0 Å². The van der Waals surface area contributed by atoms with Gasteiger partial charge in [0.05, 0.1) is 19.3 Å². The monoisotopic (exact) mass is 503 g/mol. The van der Waals surface area contributed by atoms with Crippen LogP contribution in [0.5, 0.6) is 5.75 Å². The molecule has 174 valence electrons. The van der Waals surface area contributed by atoms with Crippen LogP contribution >= 0.6 is 15.9 Å². The highest BCUT2D eigenvalue weighted by molar-refractivity contribution is 9.09. The molecule has 2 aromatic rings. The topological polar surface area (TPSA) is 54.9 Å². The van der Waals surface area contributed by atoms with Gasteiger partial charge in [-0.3, -0.25) is 0 Å². The zero-order chi connectivity index (χ0) is 22.6. The molecule has 1 aliphatic heterocycles. The molecule has 0 aliphatic carbocycles. The Balaban J connectivity index is 1.38.